The maximum absolute atomic E-state index is 9.92. The Labute approximate surface area is 66.2 Å². The first-order valence-electron chi connectivity index (χ1n) is 2.30. The zero-order valence-corrected chi connectivity index (χ0v) is 8.08. The molecule has 0 amide bonds. The quantitative estimate of drug-likeness (QED) is 0.631. The highest BCUT2D eigenvalue weighted by atomic mass is 32.3. The summed E-state index contributed by atoms with van der Waals surface area (Å²) in [6.45, 7) is 0. The third-order valence-electron chi connectivity index (χ3n) is 0.408. The Bertz CT molecular complexity index is 129. The second kappa shape index (κ2) is 7.33. The average Bonchev–Trinajstić information content (AvgIpc) is 1.90. The second-order valence-electron chi connectivity index (χ2n) is 1.15. The summed E-state index contributed by atoms with van der Waals surface area (Å²) in [5.74, 6) is 0. The Morgan fingerprint density at radius 2 is 1.30 bits per heavy atom. The van der Waals surface area contributed by atoms with Crippen LogP contribution in [0.1, 0.15) is 0 Å². The zero-order chi connectivity index (χ0) is 8.62. The van der Waals surface area contributed by atoms with Crippen molar-refractivity contribution in [3.63, 3.8) is 0 Å². The van der Waals surface area contributed by atoms with Gasteiger partial charge in [0.1, 0.15) is 0 Å². The van der Waals surface area contributed by atoms with Crippen molar-refractivity contribution in [3.8, 4) is 0 Å². The van der Waals surface area contributed by atoms with Gasteiger partial charge in [-0.1, -0.05) is 0 Å². The summed E-state index contributed by atoms with van der Waals surface area (Å²) >= 11 is 1.75. The van der Waals surface area contributed by atoms with Crippen molar-refractivity contribution < 1.29 is 16.8 Å². The lowest BCUT2D eigenvalue weighted by Gasteiger charge is -1.91. The van der Waals surface area contributed by atoms with Gasteiger partial charge in [0.05, 0.1) is 14.2 Å². The van der Waals surface area contributed by atoms with E-state index < -0.39 is 10.4 Å². The fraction of sp³-hybridized carbons (Fsp3) is 1.00. The SMILES string of the molecule is COS(=O)(=O)OC.CSC. The fourth-order valence-electron chi connectivity index (χ4n) is 0.0680. The van der Waals surface area contributed by atoms with Gasteiger partial charge in [0.25, 0.3) is 0 Å². The molecule has 0 N–H and O–H groups in total. The van der Waals surface area contributed by atoms with Crippen molar-refractivity contribution in [2.24, 2.45) is 0 Å². The molecular formula is C4H12O4S2. The van der Waals surface area contributed by atoms with E-state index in [2.05, 4.69) is 8.37 Å². The Hall–Kier alpha value is 0.220. The van der Waals surface area contributed by atoms with Crippen molar-refractivity contribution in [1.29, 1.82) is 0 Å². The highest BCUT2D eigenvalue weighted by molar-refractivity contribution is 7.97. The molecule has 6 heteroatoms. The van der Waals surface area contributed by atoms with Gasteiger partial charge in [-0.25, -0.2) is 0 Å². The van der Waals surface area contributed by atoms with E-state index in [4.69, 9.17) is 0 Å². The Morgan fingerprint density at radius 1 is 1.10 bits per heavy atom. The Kier molecular flexibility index (Phi) is 9.42. The lowest BCUT2D eigenvalue weighted by atomic mass is 11.8. The molecule has 0 saturated carbocycles. The maximum Gasteiger partial charge on any atom is 0.399 e. The molecule has 0 aromatic heterocycles. The third-order valence-corrected chi connectivity index (χ3v) is 1.22. The molecule has 4 nitrogen and oxygen atoms in total. The smallest absolute Gasteiger partial charge is 0.252 e. The maximum atomic E-state index is 9.92. The summed E-state index contributed by atoms with van der Waals surface area (Å²) in [6, 6.07) is 0. The van der Waals surface area contributed by atoms with E-state index in [1.165, 1.54) is 0 Å². The molecule has 0 aliphatic rings. The van der Waals surface area contributed by atoms with E-state index >= 15 is 0 Å². The van der Waals surface area contributed by atoms with E-state index in [1.54, 1.807) is 11.8 Å². The number of hydrogen-bond donors (Lipinski definition) is 0. The van der Waals surface area contributed by atoms with Crippen LogP contribution in [0.3, 0.4) is 0 Å². The van der Waals surface area contributed by atoms with Gasteiger partial charge in [0.2, 0.25) is 0 Å². The topological polar surface area (TPSA) is 52.6 Å². The summed E-state index contributed by atoms with van der Waals surface area (Å²) < 4.78 is 27.5. The van der Waals surface area contributed by atoms with Gasteiger partial charge in [-0.3, -0.25) is 8.37 Å². The van der Waals surface area contributed by atoms with E-state index in [1.807, 2.05) is 12.5 Å². The van der Waals surface area contributed by atoms with Gasteiger partial charge in [-0.2, -0.15) is 20.2 Å². The molecular weight excluding hydrogens is 176 g/mol. The van der Waals surface area contributed by atoms with Crippen LogP contribution in [0, 0.1) is 0 Å². The summed E-state index contributed by atoms with van der Waals surface area (Å²) in [4.78, 5) is 0. The van der Waals surface area contributed by atoms with Crippen LogP contribution < -0.4 is 0 Å². The summed E-state index contributed by atoms with van der Waals surface area (Å²) in [5.41, 5.74) is 0. The Balaban J connectivity index is 0. The third kappa shape index (κ3) is 11.1. The number of hydrogen-bond acceptors (Lipinski definition) is 5. The van der Waals surface area contributed by atoms with E-state index in [0.29, 0.717) is 0 Å². The molecule has 0 bridgehead atoms. The highest BCUT2D eigenvalue weighted by Crippen LogP contribution is 1.85. The van der Waals surface area contributed by atoms with Gasteiger partial charge in [0, 0.05) is 0 Å². The van der Waals surface area contributed by atoms with Crippen LogP contribution in [0.25, 0.3) is 0 Å². The zero-order valence-electron chi connectivity index (χ0n) is 6.45. The minimum Gasteiger partial charge on any atom is -0.252 e. The molecule has 0 spiro atoms. The molecule has 64 valence electrons. The van der Waals surface area contributed by atoms with Crippen LogP contribution in [-0.4, -0.2) is 35.1 Å². The van der Waals surface area contributed by atoms with Crippen LogP contribution in [0.2, 0.25) is 0 Å². The van der Waals surface area contributed by atoms with E-state index in [-0.39, 0.29) is 0 Å². The molecule has 0 aliphatic carbocycles. The highest BCUT2D eigenvalue weighted by Gasteiger charge is 2.01. The molecule has 0 aromatic carbocycles. The van der Waals surface area contributed by atoms with Crippen LogP contribution in [0.5, 0.6) is 0 Å². The molecule has 0 aliphatic heterocycles. The van der Waals surface area contributed by atoms with E-state index in [9.17, 15) is 8.42 Å². The van der Waals surface area contributed by atoms with E-state index in [0.717, 1.165) is 14.2 Å². The lowest BCUT2D eigenvalue weighted by molar-refractivity contribution is 0.286. The first-order chi connectivity index (χ1) is 4.54. The molecule has 0 fully saturated rings. The van der Waals surface area contributed by atoms with Crippen molar-refractivity contribution in [2.45, 2.75) is 0 Å². The van der Waals surface area contributed by atoms with Crippen LogP contribution >= 0.6 is 11.8 Å². The minimum atomic E-state index is -3.66. The molecule has 0 heterocycles. The largest absolute Gasteiger partial charge is 0.399 e. The van der Waals surface area contributed by atoms with Crippen molar-refractivity contribution in [1.82, 2.24) is 0 Å². The minimum absolute atomic E-state index is 1.03. The van der Waals surface area contributed by atoms with Gasteiger partial charge in [0.15, 0.2) is 0 Å². The molecule has 0 aromatic rings. The predicted octanol–water partition coefficient (Wildman–Crippen LogP) is 0.503. The number of rotatable bonds is 2. The van der Waals surface area contributed by atoms with Crippen molar-refractivity contribution in [3.05, 3.63) is 0 Å². The first-order valence-corrected chi connectivity index (χ1v) is 5.27. The molecule has 0 radical (unpaired) electrons. The predicted molar refractivity (Wildman–Crippen MR) is 42.4 cm³/mol. The van der Waals surface area contributed by atoms with Crippen molar-refractivity contribution in [2.75, 3.05) is 26.7 Å². The summed E-state index contributed by atoms with van der Waals surface area (Å²) in [7, 11) is -1.60. The monoisotopic (exact) mass is 188 g/mol. The van der Waals surface area contributed by atoms with Crippen LogP contribution in [-0.2, 0) is 18.8 Å². The molecule has 0 rings (SSSR count). The molecule has 0 unspecified atom stereocenters. The average molecular weight is 188 g/mol. The lowest BCUT2D eigenvalue weighted by Crippen LogP contribution is -2.02. The second-order valence-corrected chi connectivity index (χ2v) is 3.45. The van der Waals surface area contributed by atoms with Gasteiger partial charge < -0.3 is 0 Å². The van der Waals surface area contributed by atoms with Crippen LogP contribution in [0.4, 0.5) is 0 Å². The first kappa shape index (κ1) is 12.9. The normalized spacial score (nSPS) is 10.0. The Morgan fingerprint density at radius 3 is 1.30 bits per heavy atom. The molecule has 10 heavy (non-hydrogen) atoms. The summed E-state index contributed by atoms with van der Waals surface area (Å²) in [5, 5.41) is 0. The molecule has 0 saturated heterocycles. The number of thioether (sulfide) groups is 1. The van der Waals surface area contributed by atoms with Gasteiger partial charge >= 0.3 is 10.4 Å². The van der Waals surface area contributed by atoms with Gasteiger partial charge in [-0.05, 0) is 12.5 Å². The fourth-order valence-corrected chi connectivity index (χ4v) is 0.204. The van der Waals surface area contributed by atoms with Gasteiger partial charge in [-0.15, -0.1) is 0 Å². The summed E-state index contributed by atoms with van der Waals surface area (Å²) in [6.07, 6.45) is 4.08. The standard InChI is InChI=1S/C2H6O4S.C2H6S/c1-5-7(3,4)6-2;1-3-2/h1-2H3;1-2H3. The van der Waals surface area contributed by atoms with Crippen LogP contribution in [0.15, 0.2) is 0 Å². The molecule has 0 atom stereocenters. The van der Waals surface area contributed by atoms with Crippen molar-refractivity contribution >= 4 is 22.2 Å².